The average Bonchev–Trinajstić information content (AvgIpc) is 3.41. The van der Waals surface area contributed by atoms with Crippen molar-refractivity contribution in [2.45, 2.75) is 15.6 Å². The van der Waals surface area contributed by atoms with Gasteiger partial charge in [0.1, 0.15) is 0 Å². The molecular formula is C21H18N6O3S4. The zero-order valence-corrected chi connectivity index (χ0v) is 21.0. The minimum absolute atomic E-state index is 0.0234. The van der Waals surface area contributed by atoms with Crippen molar-refractivity contribution in [1.82, 2.24) is 15.2 Å². The van der Waals surface area contributed by atoms with E-state index in [1.165, 1.54) is 53.1 Å². The fourth-order valence-electron chi connectivity index (χ4n) is 2.76. The van der Waals surface area contributed by atoms with E-state index in [4.69, 9.17) is 5.73 Å². The maximum Gasteiger partial charge on any atom is 0.234 e. The number of benzene rings is 2. The second kappa shape index (κ2) is 11.0. The van der Waals surface area contributed by atoms with Crippen molar-refractivity contribution in [3.05, 3.63) is 48.0 Å². The molecule has 2 amide bonds. The Labute approximate surface area is 210 Å². The van der Waals surface area contributed by atoms with Gasteiger partial charge in [-0.05, 0) is 49.4 Å². The smallest absolute Gasteiger partial charge is 0.234 e. The van der Waals surface area contributed by atoms with Gasteiger partial charge in [0.2, 0.25) is 16.9 Å². The topological polar surface area (TPSA) is 140 Å². The van der Waals surface area contributed by atoms with Crippen LogP contribution < -0.4 is 16.4 Å². The van der Waals surface area contributed by atoms with Crippen LogP contribution in [0.3, 0.4) is 0 Å². The van der Waals surface area contributed by atoms with E-state index in [0.29, 0.717) is 26.4 Å². The monoisotopic (exact) mass is 530 g/mol. The van der Waals surface area contributed by atoms with E-state index in [9.17, 15) is 14.4 Å². The predicted molar refractivity (Wildman–Crippen MR) is 139 cm³/mol. The number of hydrogen-bond acceptors (Lipinski definition) is 11. The highest BCUT2D eigenvalue weighted by molar-refractivity contribution is 8.02. The second-order valence-electron chi connectivity index (χ2n) is 6.88. The van der Waals surface area contributed by atoms with Crippen molar-refractivity contribution in [2.75, 3.05) is 27.9 Å². The van der Waals surface area contributed by atoms with Crippen LogP contribution in [0.4, 0.5) is 16.5 Å². The quantitative estimate of drug-likeness (QED) is 0.212. The molecule has 0 aliphatic carbocycles. The minimum Gasteiger partial charge on any atom is -0.374 e. The number of amides is 2. The zero-order chi connectivity index (χ0) is 24.1. The molecule has 9 nitrogen and oxygen atoms in total. The van der Waals surface area contributed by atoms with Crippen LogP contribution in [-0.4, -0.2) is 44.3 Å². The van der Waals surface area contributed by atoms with Crippen molar-refractivity contribution < 1.29 is 14.4 Å². The number of nitrogens with two attached hydrogens (primary N) is 1. The Morgan fingerprint density at radius 2 is 1.53 bits per heavy atom. The van der Waals surface area contributed by atoms with Crippen LogP contribution in [0, 0.1) is 0 Å². The molecule has 0 unspecified atom stereocenters. The summed E-state index contributed by atoms with van der Waals surface area (Å²) in [6, 6.07) is 12.3. The van der Waals surface area contributed by atoms with E-state index in [1.807, 2.05) is 12.1 Å². The Morgan fingerprint density at radius 3 is 2.18 bits per heavy atom. The Bertz CT molecular complexity index is 1350. The standard InChI is InChI=1S/C21H18N6O3S4/c1-11(28)12-2-4-13(5-3-12)23-17(29)9-31-20-25-15-7-6-14(8-16(15)33-20)24-18(30)10-32-21-27-26-19(22)34-21/h2-8H,9-10H2,1H3,(H2,22,26)(H,23,29)(H,24,30). The van der Waals surface area contributed by atoms with Crippen LogP contribution in [0.5, 0.6) is 0 Å². The number of anilines is 3. The number of carbonyl (C=O) groups is 3. The summed E-state index contributed by atoms with van der Waals surface area (Å²) < 4.78 is 2.30. The van der Waals surface area contributed by atoms with Crippen LogP contribution in [0.15, 0.2) is 51.1 Å². The number of thiazole rings is 1. The molecule has 2 heterocycles. The fourth-order valence-corrected chi connectivity index (χ4v) is 6.10. The van der Waals surface area contributed by atoms with E-state index in [-0.39, 0.29) is 29.1 Å². The number of nitrogen functional groups attached to an aromatic ring is 1. The molecule has 0 radical (unpaired) electrons. The molecule has 0 saturated carbocycles. The van der Waals surface area contributed by atoms with Crippen LogP contribution in [0.2, 0.25) is 0 Å². The van der Waals surface area contributed by atoms with Gasteiger partial charge in [-0.25, -0.2) is 4.98 Å². The van der Waals surface area contributed by atoms with Gasteiger partial charge in [-0.1, -0.05) is 34.9 Å². The van der Waals surface area contributed by atoms with E-state index >= 15 is 0 Å². The first-order valence-electron chi connectivity index (χ1n) is 9.81. The molecule has 2 aromatic heterocycles. The summed E-state index contributed by atoms with van der Waals surface area (Å²) in [5, 5.41) is 13.6. The van der Waals surface area contributed by atoms with Crippen LogP contribution in [-0.2, 0) is 9.59 Å². The molecule has 0 aliphatic rings. The Kier molecular flexibility index (Phi) is 7.77. The molecule has 174 valence electrons. The van der Waals surface area contributed by atoms with Crippen LogP contribution in [0.25, 0.3) is 10.2 Å². The number of aromatic nitrogens is 3. The van der Waals surface area contributed by atoms with E-state index < -0.39 is 0 Å². The van der Waals surface area contributed by atoms with E-state index in [0.717, 1.165) is 14.6 Å². The predicted octanol–water partition coefficient (Wildman–Crippen LogP) is 4.39. The maximum absolute atomic E-state index is 12.3. The molecule has 0 bridgehead atoms. The summed E-state index contributed by atoms with van der Waals surface area (Å²) in [4.78, 5) is 40.4. The van der Waals surface area contributed by atoms with E-state index in [1.54, 1.807) is 30.3 Å². The van der Waals surface area contributed by atoms with Gasteiger partial charge in [0, 0.05) is 16.9 Å². The molecule has 0 saturated heterocycles. The van der Waals surface area contributed by atoms with Crippen molar-refractivity contribution >= 4 is 90.5 Å². The second-order valence-corrected chi connectivity index (χ2v) is 11.4. The molecule has 2 aromatic carbocycles. The highest BCUT2D eigenvalue weighted by atomic mass is 32.2. The summed E-state index contributed by atoms with van der Waals surface area (Å²) in [6.07, 6.45) is 0. The van der Waals surface area contributed by atoms with Gasteiger partial charge >= 0.3 is 0 Å². The summed E-state index contributed by atoms with van der Waals surface area (Å²) >= 11 is 5.30. The van der Waals surface area contributed by atoms with Crippen molar-refractivity contribution in [3.63, 3.8) is 0 Å². The van der Waals surface area contributed by atoms with Crippen LogP contribution in [0.1, 0.15) is 17.3 Å². The van der Waals surface area contributed by atoms with Gasteiger partial charge in [0.15, 0.2) is 14.5 Å². The van der Waals surface area contributed by atoms with Crippen molar-refractivity contribution in [2.24, 2.45) is 0 Å². The number of nitrogens with zero attached hydrogens (tertiary/aromatic N) is 3. The Balaban J connectivity index is 1.29. The fraction of sp³-hybridized carbons (Fsp3) is 0.143. The summed E-state index contributed by atoms with van der Waals surface area (Å²) in [5.74, 6) is 0.0475. The van der Waals surface area contributed by atoms with Gasteiger partial charge in [-0.15, -0.1) is 21.5 Å². The normalized spacial score (nSPS) is 10.9. The lowest BCUT2D eigenvalue weighted by molar-refractivity contribution is -0.114. The number of hydrogen-bond donors (Lipinski definition) is 3. The minimum atomic E-state index is -0.164. The van der Waals surface area contributed by atoms with Crippen molar-refractivity contribution in [3.8, 4) is 0 Å². The largest absolute Gasteiger partial charge is 0.374 e. The first-order chi connectivity index (χ1) is 16.4. The third-order valence-corrected chi connectivity index (χ3v) is 8.35. The first kappa shape index (κ1) is 24.1. The Hall–Kier alpha value is -3.00. The number of rotatable bonds is 9. The molecule has 4 aromatic rings. The lowest BCUT2D eigenvalue weighted by atomic mass is 10.1. The van der Waals surface area contributed by atoms with Gasteiger partial charge in [-0.2, -0.15) is 0 Å². The number of fused-ring (bicyclic) bond motifs is 1. The average molecular weight is 531 g/mol. The molecule has 4 rings (SSSR count). The number of thioether (sulfide) groups is 2. The zero-order valence-electron chi connectivity index (χ0n) is 17.7. The molecule has 0 fully saturated rings. The summed E-state index contributed by atoms with van der Waals surface area (Å²) in [5.41, 5.74) is 8.23. The van der Waals surface area contributed by atoms with Gasteiger partial charge in [-0.3, -0.25) is 14.4 Å². The molecule has 0 aliphatic heterocycles. The lowest BCUT2D eigenvalue weighted by Gasteiger charge is -2.04. The van der Waals surface area contributed by atoms with Gasteiger partial charge < -0.3 is 16.4 Å². The van der Waals surface area contributed by atoms with Crippen LogP contribution >= 0.6 is 46.2 Å². The summed E-state index contributed by atoms with van der Waals surface area (Å²) in [7, 11) is 0. The third kappa shape index (κ3) is 6.53. The molecule has 34 heavy (non-hydrogen) atoms. The van der Waals surface area contributed by atoms with Gasteiger partial charge in [0.25, 0.3) is 0 Å². The maximum atomic E-state index is 12.3. The van der Waals surface area contributed by atoms with E-state index in [2.05, 4.69) is 25.8 Å². The number of nitrogens with one attached hydrogen (secondary N) is 2. The third-order valence-electron chi connectivity index (χ3n) is 4.30. The molecular weight excluding hydrogens is 513 g/mol. The highest BCUT2D eigenvalue weighted by Crippen LogP contribution is 2.31. The highest BCUT2D eigenvalue weighted by Gasteiger charge is 2.11. The Morgan fingerprint density at radius 1 is 0.882 bits per heavy atom. The number of Topliss-reactive ketones (excluding diaryl/α,β-unsaturated/α-hetero) is 1. The number of ketones is 1. The summed E-state index contributed by atoms with van der Waals surface area (Å²) in [6.45, 7) is 1.50. The van der Waals surface area contributed by atoms with Gasteiger partial charge in [0.05, 0.1) is 21.7 Å². The number of carbonyl (C=O) groups excluding carboxylic acids is 3. The van der Waals surface area contributed by atoms with Crippen molar-refractivity contribution in [1.29, 1.82) is 0 Å². The molecule has 0 atom stereocenters. The molecule has 4 N–H and O–H groups in total. The molecule has 13 heteroatoms. The molecule has 0 spiro atoms. The SMILES string of the molecule is CC(=O)c1ccc(NC(=O)CSc2nc3ccc(NC(=O)CSc4nnc(N)s4)cc3s2)cc1. The first-order valence-corrected chi connectivity index (χ1v) is 13.4. The lowest BCUT2D eigenvalue weighted by Crippen LogP contribution is -2.13.